The number of rotatable bonds is 5. The van der Waals surface area contributed by atoms with E-state index in [1.165, 1.54) is 0 Å². The van der Waals surface area contributed by atoms with Crippen molar-refractivity contribution in [1.29, 1.82) is 5.26 Å². The Morgan fingerprint density at radius 2 is 1.89 bits per heavy atom. The first-order chi connectivity index (χ1) is 13.6. The van der Waals surface area contributed by atoms with Gasteiger partial charge in [0.25, 0.3) is 5.91 Å². The van der Waals surface area contributed by atoms with Crippen molar-refractivity contribution in [3.8, 4) is 11.8 Å². The van der Waals surface area contributed by atoms with Crippen molar-refractivity contribution in [2.75, 3.05) is 18.4 Å². The number of benzene rings is 2. The summed E-state index contributed by atoms with van der Waals surface area (Å²) in [5.41, 5.74) is 1.29. The van der Waals surface area contributed by atoms with Crippen molar-refractivity contribution in [3.05, 3.63) is 60.2 Å². The molecule has 6 nitrogen and oxygen atoms in total. The van der Waals surface area contributed by atoms with Gasteiger partial charge in [0.15, 0.2) is 6.10 Å². The van der Waals surface area contributed by atoms with E-state index in [1.807, 2.05) is 36.4 Å². The van der Waals surface area contributed by atoms with Crippen LogP contribution in [0.25, 0.3) is 0 Å². The van der Waals surface area contributed by atoms with Gasteiger partial charge in [-0.05, 0) is 56.2 Å². The van der Waals surface area contributed by atoms with Crippen LogP contribution in [0.1, 0.15) is 25.3 Å². The van der Waals surface area contributed by atoms with Gasteiger partial charge < -0.3 is 15.0 Å². The molecule has 2 aromatic carbocycles. The quantitative estimate of drug-likeness (QED) is 0.867. The molecule has 2 atom stereocenters. The number of amides is 2. The van der Waals surface area contributed by atoms with E-state index in [2.05, 4.69) is 5.32 Å². The Hall–Kier alpha value is -3.33. The first-order valence-electron chi connectivity index (χ1n) is 9.38. The molecule has 2 amide bonds. The molecule has 2 aromatic rings. The molecule has 1 aliphatic heterocycles. The lowest BCUT2D eigenvalue weighted by Gasteiger charge is -2.33. The second-order valence-corrected chi connectivity index (χ2v) is 6.87. The Balaban J connectivity index is 1.57. The summed E-state index contributed by atoms with van der Waals surface area (Å²) in [7, 11) is 0. The number of piperidine rings is 1. The molecule has 0 aromatic heterocycles. The number of hydrogen-bond donors (Lipinski definition) is 1. The third-order valence-electron chi connectivity index (χ3n) is 4.79. The van der Waals surface area contributed by atoms with Gasteiger partial charge in [0.2, 0.25) is 5.91 Å². The number of nitrogens with one attached hydrogen (secondary N) is 1. The number of nitrogens with zero attached hydrogens (tertiary/aromatic N) is 2. The van der Waals surface area contributed by atoms with Crippen LogP contribution < -0.4 is 10.1 Å². The number of hydrogen-bond acceptors (Lipinski definition) is 4. The first-order valence-corrected chi connectivity index (χ1v) is 9.38. The predicted octanol–water partition coefficient (Wildman–Crippen LogP) is 3.20. The number of ether oxygens (including phenoxy) is 1. The largest absolute Gasteiger partial charge is 0.481 e. The summed E-state index contributed by atoms with van der Waals surface area (Å²) in [5, 5.41) is 11.8. The normalized spacial score (nSPS) is 17.3. The Bertz CT molecular complexity index is 859. The Morgan fingerprint density at radius 1 is 1.18 bits per heavy atom. The molecule has 0 unspecified atom stereocenters. The molecule has 0 spiro atoms. The Kier molecular flexibility index (Phi) is 6.28. The molecule has 1 aliphatic rings. The molecule has 0 bridgehead atoms. The predicted molar refractivity (Wildman–Crippen MR) is 106 cm³/mol. The zero-order chi connectivity index (χ0) is 19.9. The highest BCUT2D eigenvalue weighted by Gasteiger charge is 2.31. The van der Waals surface area contributed by atoms with E-state index in [4.69, 9.17) is 10.00 Å². The van der Waals surface area contributed by atoms with Crippen molar-refractivity contribution >= 4 is 17.5 Å². The molecular weight excluding hydrogens is 354 g/mol. The van der Waals surface area contributed by atoms with Gasteiger partial charge in [0.1, 0.15) is 5.75 Å². The molecule has 1 fully saturated rings. The van der Waals surface area contributed by atoms with Crippen LogP contribution in [-0.2, 0) is 9.59 Å². The molecule has 0 saturated carbocycles. The monoisotopic (exact) mass is 377 g/mol. The number of nitriles is 1. The fraction of sp³-hybridized carbons (Fsp3) is 0.318. The fourth-order valence-electron chi connectivity index (χ4n) is 3.28. The van der Waals surface area contributed by atoms with Gasteiger partial charge in [-0.15, -0.1) is 0 Å². The van der Waals surface area contributed by atoms with Gasteiger partial charge in [-0.3, -0.25) is 9.59 Å². The third-order valence-corrected chi connectivity index (χ3v) is 4.79. The summed E-state index contributed by atoms with van der Waals surface area (Å²) in [6.45, 7) is 2.71. The van der Waals surface area contributed by atoms with E-state index >= 15 is 0 Å². The maximum absolute atomic E-state index is 12.8. The van der Waals surface area contributed by atoms with Crippen LogP contribution in [0.2, 0.25) is 0 Å². The number of carbonyl (C=O) groups excluding carboxylic acids is 2. The van der Waals surface area contributed by atoms with E-state index in [-0.39, 0.29) is 17.7 Å². The topological polar surface area (TPSA) is 82.4 Å². The number of carbonyl (C=O) groups is 2. The average Bonchev–Trinajstić information content (AvgIpc) is 2.74. The summed E-state index contributed by atoms with van der Waals surface area (Å²) in [6, 6.07) is 18.0. The van der Waals surface area contributed by atoms with Gasteiger partial charge in [-0.2, -0.15) is 5.26 Å². The second kappa shape index (κ2) is 9.05. The van der Waals surface area contributed by atoms with Gasteiger partial charge in [-0.25, -0.2) is 0 Å². The molecule has 144 valence electrons. The van der Waals surface area contributed by atoms with Crippen LogP contribution in [0.4, 0.5) is 5.69 Å². The first kappa shape index (κ1) is 19.4. The zero-order valence-electron chi connectivity index (χ0n) is 15.8. The molecule has 0 radical (unpaired) electrons. The highest BCUT2D eigenvalue weighted by atomic mass is 16.5. The summed E-state index contributed by atoms with van der Waals surface area (Å²) in [6.07, 6.45) is 0.874. The molecule has 1 saturated heterocycles. The van der Waals surface area contributed by atoms with E-state index in [0.717, 1.165) is 18.5 Å². The van der Waals surface area contributed by atoms with Crippen molar-refractivity contribution in [3.63, 3.8) is 0 Å². The molecule has 28 heavy (non-hydrogen) atoms. The third kappa shape index (κ3) is 4.89. The van der Waals surface area contributed by atoms with Gasteiger partial charge in [-0.1, -0.05) is 18.2 Å². The van der Waals surface area contributed by atoms with Crippen LogP contribution in [0.15, 0.2) is 54.6 Å². The van der Waals surface area contributed by atoms with E-state index < -0.39 is 6.10 Å². The maximum Gasteiger partial charge on any atom is 0.263 e. The summed E-state index contributed by atoms with van der Waals surface area (Å²) in [5.74, 6) is 0.0983. The van der Waals surface area contributed by atoms with Crippen LogP contribution >= 0.6 is 0 Å². The van der Waals surface area contributed by atoms with Crippen LogP contribution in [-0.4, -0.2) is 35.9 Å². The van der Waals surface area contributed by atoms with Crippen molar-refractivity contribution in [1.82, 2.24) is 4.90 Å². The number of anilines is 1. The molecule has 3 rings (SSSR count). The van der Waals surface area contributed by atoms with Gasteiger partial charge in [0, 0.05) is 18.8 Å². The minimum Gasteiger partial charge on any atom is -0.481 e. The summed E-state index contributed by atoms with van der Waals surface area (Å²) in [4.78, 5) is 27.0. The maximum atomic E-state index is 12.8. The van der Waals surface area contributed by atoms with Crippen LogP contribution in [0, 0.1) is 17.2 Å². The lowest BCUT2D eigenvalue weighted by Crippen LogP contribution is -2.48. The highest BCUT2D eigenvalue weighted by Crippen LogP contribution is 2.21. The van der Waals surface area contributed by atoms with E-state index in [0.29, 0.717) is 24.4 Å². The smallest absolute Gasteiger partial charge is 0.263 e. The number of para-hydroxylation sites is 1. The van der Waals surface area contributed by atoms with Crippen molar-refractivity contribution in [2.45, 2.75) is 25.9 Å². The van der Waals surface area contributed by atoms with Gasteiger partial charge in [0.05, 0.1) is 17.6 Å². The molecule has 6 heteroatoms. The Labute approximate surface area is 164 Å². The minimum absolute atomic E-state index is 0.0654. The van der Waals surface area contributed by atoms with Gasteiger partial charge >= 0.3 is 0 Å². The van der Waals surface area contributed by atoms with Crippen LogP contribution in [0.3, 0.4) is 0 Å². The van der Waals surface area contributed by atoms with Crippen LogP contribution in [0.5, 0.6) is 5.75 Å². The van der Waals surface area contributed by atoms with Crippen molar-refractivity contribution in [2.24, 2.45) is 5.92 Å². The standard InChI is InChI=1S/C22H23N3O3/c1-16(28-20-11-9-17(14-23)10-12-20)22(27)25-13-5-6-18(15-25)21(26)24-19-7-3-2-4-8-19/h2-4,7-12,16,18H,5-6,13,15H2,1H3,(H,24,26)/t16-,18+/m0/s1. The van der Waals surface area contributed by atoms with Crippen molar-refractivity contribution < 1.29 is 14.3 Å². The lowest BCUT2D eigenvalue weighted by molar-refractivity contribution is -0.140. The second-order valence-electron chi connectivity index (χ2n) is 6.87. The molecule has 0 aliphatic carbocycles. The fourth-order valence-corrected chi connectivity index (χ4v) is 3.28. The van der Waals surface area contributed by atoms with E-state index in [9.17, 15) is 9.59 Å². The highest BCUT2D eigenvalue weighted by molar-refractivity contribution is 5.93. The Morgan fingerprint density at radius 3 is 2.57 bits per heavy atom. The molecule has 1 N–H and O–H groups in total. The van der Waals surface area contributed by atoms with E-state index in [1.54, 1.807) is 36.1 Å². The average molecular weight is 377 g/mol. The summed E-state index contributed by atoms with van der Waals surface area (Å²) >= 11 is 0. The number of likely N-dealkylation sites (tertiary alicyclic amines) is 1. The zero-order valence-corrected chi connectivity index (χ0v) is 15.8. The molecular formula is C22H23N3O3. The summed E-state index contributed by atoms with van der Waals surface area (Å²) < 4.78 is 5.72. The lowest BCUT2D eigenvalue weighted by atomic mass is 9.96. The minimum atomic E-state index is -0.663. The SMILES string of the molecule is C[C@H](Oc1ccc(C#N)cc1)C(=O)N1CCC[C@@H](C(=O)Nc2ccccc2)C1. The molecule has 1 heterocycles.